The van der Waals surface area contributed by atoms with E-state index in [9.17, 15) is 0 Å². The molecule has 0 atom stereocenters. The highest BCUT2D eigenvalue weighted by molar-refractivity contribution is 5.77. The SMILES string of the molecule is C=NC1=C(C)Cc2cc(C)ccc21. The summed E-state index contributed by atoms with van der Waals surface area (Å²) in [6.45, 7) is 7.85. The molecule has 0 fully saturated rings. The minimum atomic E-state index is 1.03. The Hall–Kier alpha value is -1.37. The van der Waals surface area contributed by atoms with E-state index in [1.165, 1.54) is 22.3 Å². The molecule has 13 heavy (non-hydrogen) atoms. The van der Waals surface area contributed by atoms with E-state index in [0.717, 1.165) is 12.1 Å². The number of aliphatic imine (C=N–C) groups is 1. The molecule has 0 spiro atoms. The third-order valence-electron chi connectivity index (χ3n) is 2.53. The van der Waals surface area contributed by atoms with Gasteiger partial charge in [-0.05, 0) is 38.1 Å². The number of benzene rings is 1. The summed E-state index contributed by atoms with van der Waals surface area (Å²) >= 11 is 0. The molecule has 1 aliphatic carbocycles. The lowest BCUT2D eigenvalue weighted by Crippen LogP contribution is -1.84. The zero-order valence-electron chi connectivity index (χ0n) is 8.09. The maximum absolute atomic E-state index is 4.07. The van der Waals surface area contributed by atoms with Crippen molar-refractivity contribution < 1.29 is 0 Å². The van der Waals surface area contributed by atoms with E-state index in [1.54, 1.807) is 0 Å². The predicted octanol–water partition coefficient (Wildman–Crippen LogP) is 2.98. The Kier molecular flexibility index (Phi) is 1.80. The molecule has 0 aromatic heterocycles. The highest BCUT2D eigenvalue weighted by Crippen LogP contribution is 2.33. The molecule has 1 aromatic rings. The van der Waals surface area contributed by atoms with Crippen LogP contribution in [0.25, 0.3) is 5.70 Å². The van der Waals surface area contributed by atoms with Gasteiger partial charge in [0.1, 0.15) is 0 Å². The lowest BCUT2D eigenvalue weighted by atomic mass is 10.1. The zero-order valence-corrected chi connectivity index (χ0v) is 8.09. The standard InChI is InChI=1S/C12H13N/c1-8-4-5-11-10(6-8)7-9(2)12(11)13-3/h4-6H,3,7H2,1-2H3. The summed E-state index contributed by atoms with van der Waals surface area (Å²) in [5.41, 5.74) is 6.38. The quantitative estimate of drug-likeness (QED) is 0.576. The molecule has 0 bridgehead atoms. The molecular weight excluding hydrogens is 158 g/mol. The van der Waals surface area contributed by atoms with Crippen molar-refractivity contribution >= 4 is 12.4 Å². The molecule has 1 heteroatoms. The smallest absolute Gasteiger partial charge is 0.0690 e. The number of rotatable bonds is 1. The van der Waals surface area contributed by atoms with Crippen LogP contribution in [0.5, 0.6) is 0 Å². The van der Waals surface area contributed by atoms with E-state index in [4.69, 9.17) is 0 Å². The van der Waals surface area contributed by atoms with Crippen molar-refractivity contribution in [2.24, 2.45) is 4.99 Å². The predicted molar refractivity (Wildman–Crippen MR) is 57.0 cm³/mol. The Balaban J connectivity index is 2.58. The van der Waals surface area contributed by atoms with E-state index in [0.29, 0.717) is 0 Å². The molecule has 0 radical (unpaired) electrons. The van der Waals surface area contributed by atoms with Crippen molar-refractivity contribution in [3.05, 3.63) is 40.5 Å². The van der Waals surface area contributed by atoms with Gasteiger partial charge in [0.2, 0.25) is 0 Å². The number of hydrogen-bond acceptors (Lipinski definition) is 1. The van der Waals surface area contributed by atoms with E-state index in [-0.39, 0.29) is 0 Å². The molecule has 0 N–H and O–H groups in total. The molecule has 0 unspecified atom stereocenters. The van der Waals surface area contributed by atoms with Crippen molar-refractivity contribution in [3.63, 3.8) is 0 Å². The van der Waals surface area contributed by atoms with Gasteiger partial charge in [0.15, 0.2) is 0 Å². The Labute approximate surface area is 78.8 Å². The molecule has 2 rings (SSSR count). The highest BCUT2D eigenvalue weighted by Gasteiger charge is 2.17. The maximum Gasteiger partial charge on any atom is 0.0690 e. The fourth-order valence-electron chi connectivity index (χ4n) is 1.92. The molecule has 0 aliphatic heterocycles. The average molecular weight is 171 g/mol. The molecule has 1 aliphatic rings. The second-order valence-corrected chi connectivity index (χ2v) is 3.62. The topological polar surface area (TPSA) is 12.4 Å². The molecule has 0 amide bonds. The van der Waals surface area contributed by atoms with Gasteiger partial charge < -0.3 is 0 Å². The van der Waals surface area contributed by atoms with E-state index in [1.807, 2.05) is 0 Å². The van der Waals surface area contributed by atoms with Crippen LogP contribution in [0, 0.1) is 6.92 Å². The first-order chi connectivity index (χ1) is 6.22. The van der Waals surface area contributed by atoms with Gasteiger partial charge in [0, 0.05) is 5.56 Å². The Morgan fingerprint density at radius 1 is 1.31 bits per heavy atom. The van der Waals surface area contributed by atoms with Crippen molar-refractivity contribution in [2.75, 3.05) is 0 Å². The van der Waals surface area contributed by atoms with Crippen LogP contribution in [0.4, 0.5) is 0 Å². The van der Waals surface area contributed by atoms with Gasteiger partial charge in [-0.3, -0.25) is 4.99 Å². The van der Waals surface area contributed by atoms with Crippen LogP contribution < -0.4 is 0 Å². The van der Waals surface area contributed by atoms with Gasteiger partial charge in [-0.1, -0.05) is 23.8 Å². The van der Waals surface area contributed by atoms with Gasteiger partial charge in [0.25, 0.3) is 0 Å². The Bertz CT molecular complexity index is 400. The normalized spacial score (nSPS) is 14.6. The minimum Gasteiger partial charge on any atom is -0.264 e. The molecule has 1 nitrogen and oxygen atoms in total. The third-order valence-corrected chi connectivity index (χ3v) is 2.53. The van der Waals surface area contributed by atoms with Crippen LogP contribution in [0.15, 0.2) is 28.8 Å². The van der Waals surface area contributed by atoms with Crippen LogP contribution in [-0.4, -0.2) is 6.72 Å². The van der Waals surface area contributed by atoms with Crippen LogP contribution in [0.2, 0.25) is 0 Å². The van der Waals surface area contributed by atoms with Crippen LogP contribution >= 0.6 is 0 Å². The van der Waals surface area contributed by atoms with Gasteiger partial charge in [-0.25, -0.2) is 0 Å². The monoisotopic (exact) mass is 171 g/mol. The van der Waals surface area contributed by atoms with Crippen molar-refractivity contribution in [1.29, 1.82) is 0 Å². The second-order valence-electron chi connectivity index (χ2n) is 3.62. The summed E-state index contributed by atoms with van der Waals surface area (Å²) in [6.07, 6.45) is 1.03. The maximum atomic E-state index is 4.07. The first kappa shape index (κ1) is 8.24. The summed E-state index contributed by atoms with van der Waals surface area (Å²) < 4.78 is 0. The lowest BCUT2D eigenvalue weighted by molar-refractivity contribution is 1.18. The van der Waals surface area contributed by atoms with Gasteiger partial charge in [-0.2, -0.15) is 0 Å². The number of allylic oxidation sites excluding steroid dienone is 1. The zero-order chi connectivity index (χ0) is 9.42. The van der Waals surface area contributed by atoms with Crippen molar-refractivity contribution in [3.8, 4) is 0 Å². The summed E-state index contributed by atoms with van der Waals surface area (Å²) in [7, 11) is 0. The number of aryl methyl sites for hydroxylation is 1. The Morgan fingerprint density at radius 3 is 2.77 bits per heavy atom. The second kappa shape index (κ2) is 2.84. The minimum absolute atomic E-state index is 1.03. The summed E-state index contributed by atoms with van der Waals surface area (Å²) in [5.74, 6) is 0. The summed E-state index contributed by atoms with van der Waals surface area (Å²) in [6, 6.07) is 6.50. The van der Waals surface area contributed by atoms with Crippen LogP contribution in [-0.2, 0) is 6.42 Å². The van der Waals surface area contributed by atoms with E-state index >= 15 is 0 Å². The number of nitrogens with zero attached hydrogens (tertiary/aromatic N) is 1. The fraction of sp³-hybridized carbons (Fsp3) is 0.250. The Morgan fingerprint density at radius 2 is 2.08 bits per heavy atom. The molecule has 66 valence electrons. The molecule has 1 aromatic carbocycles. The highest BCUT2D eigenvalue weighted by atomic mass is 14.7. The summed E-state index contributed by atoms with van der Waals surface area (Å²) in [5, 5.41) is 0. The third kappa shape index (κ3) is 1.21. The van der Waals surface area contributed by atoms with Crippen LogP contribution in [0.3, 0.4) is 0 Å². The van der Waals surface area contributed by atoms with E-state index < -0.39 is 0 Å². The fourth-order valence-corrected chi connectivity index (χ4v) is 1.92. The summed E-state index contributed by atoms with van der Waals surface area (Å²) in [4.78, 5) is 4.07. The van der Waals surface area contributed by atoms with Gasteiger partial charge >= 0.3 is 0 Å². The molecule has 0 saturated heterocycles. The first-order valence-electron chi connectivity index (χ1n) is 4.48. The molecule has 0 saturated carbocycles. The molecular formula is C12H13N. The van der Waals surface area contributed by atoms with Crippen molar-refractivity contribution in [1.82, 2.24) is 0 Å². The van der Waals surface area contributed by atoms with Crippen LogP contribution in [0.1, 0.15) is 23.6 Å². The molecule has 0 heterocycles. The number of hydrogen-bond donors (Lipinski definition) is 0. The number of fused-ring (bicyclic) bond motifs is 1. The first-order valence-corrected chi connectivity index (χ1v) is 4.48. The van der Waals surface area contributed by atoms with Crippen molar-refractivity contribution in [2.45, 2.75) is 20.3 Å². The van der Waals surface area contributed by atoms with Gasteiger partial charge in [-0.15, -0.1) is 0 Å². The largest absolute Gasteiger partial charge is 0.264 e. The average Bonchev–Trinajstić information content (AvgIpc) is 2.39. The lowest BCUT2D eigenvalue weighted by Gasteiger charge is -2.01. The van der Waals surface area contributed by atoms with Gasteiger partial charge in [0.05, 0.1) is 5.70 Å². The van der Waals surface area contributed by atoms with E-state index in [2.05, 4.69) is 43.8 Å².